The molecule has 0 aliphatic rings. The molecule has 0 fully saturated rings. The molecule has 0 N–H and O–H groups in total. The number of hydrogen-bond donors (Lipinski definition) is 0. The number of hydrogen-bond acceptors (Lipinski definition) is 4. The quantitative estimate of drug-likeness (QED) is 0.776. The first-order valence-corrected chi connectivity index (χ1v) is 5.77. The van der Waals surface area contributed by atoms with Crippen LogP contribution >= 0.6 is 0 Å². The maximum absolute atomic E-state index is 11.5. The summed E-state index contributed by atoms with van der Waals surface area (Å²) in [6.45, 7) is 4.07. The average molecular weight is 242 g/mol. The molecule has 0 spiro atoms. The zero-order valence-electron chi connectivity index (χ0n) is 10.4. The fraction of sp³-hybridized carbons (Fsp3) is 0.214. The topological polar surface area (TPSA) is 52.1 Å². The molecule has 2 aromatic rings. The Balaban J connectivity index is 2.28. The Kier molecular flexibility index (Phi) is 3.67. The Bertz CT molecular complexity index is 550. The van der Waals surface area contributed by atoms with E-state index in [1.807, 2.05) is 19.1 Å². The second-order valence-corrected chi connectivity index (χ2v) is 3.79. The number of aromatic nitrogens is 2. The highest BCUT2D eigenvalue weighted by Crippen LogP contribution is 2.19. The third-order valence-electron chi connectivity index (χ3n) is 2.56. The van der Waals surface area contributed by atoms with Crippen molar-refractivity contribution in [2.24, 2.45) is 0 Å². The number of rotatable bonds is 3. The second-order valence-electron chi connectivity index (χ2n) is 3.79. The fourth-order valence-corrected chi connectivity index (χ4v) is 1.64. The van der Waals surface area contributed by atoms with Crippen molar-refractivity contribution in [3.63, 3.8) is 0 Å². The van der Waals surface area contributed by atoms with E-state index in [2.05, 4.69) is 9.97 Å². The van der Waals surface area contributed by atoms with Gasteiger partial charge in [-0.05, 0) is 38.1 Å². The van der Waals surface area contributed by atoms with Crippen LogP contribution in [-0.4, -0.2) is 22.5 Å². The summed E-state index contributed by atoms with van der Waals surface area (Å²) in [7, 11) is 0. The van der Waals surface area contributed by atoms with Crippen molar-refractivity contribution >= 4 is 5.97 Å². The Morgan fingerprint density at radius 3 is 2.72 bits per heavy atom. The van der Waals surface area contributed by atoms with Gasteiger partial charge in [0.2, 0.25) is 0 Å². The molecule has 0 saturated carbocycles. The third-order valence-corrected chi connectivity index (χ3v) is 2.56. The number of nitrogens with zero attached hydrogens (tertiary/aromatic N) is 2. The molecular weight excluding hydrogens is 228 g/mol. The van der Waals surface area contributed by atoms with Crippen LogP contribution in [0, 0.1) is 6.92 Å². The molecule has 0 amide bonds. The highest BCUT2D eigenvalue weighted by atomic mass is 16.5. The second kappa shape index (κ2) is 5.40. The van der Waals surface area contributed by atoms with E-state index < -0.39 is 0 Å². The summed E-state index contributed by atoms with van der Waals surface area (Å²) >= 11 is 0. The molecule has 0 unspecified atom stereocenters. The van der Waals surface area contributed by atoms with Crippen LogP contribution in [0.15, 0.2) is 36.7 Å². The van der Waals surface area contributed by atoms with E-state index in [1.54, 1.807) is 25.3 Å². The monoisotopic (exact) mass is 242 g/mol. The van der Waals surface area contributed by atoms with E-state index in [1.165, 1.54) is 6.20 Å². The normalized spacial score (nSPS) is 10.1. The summed E-state index contributed by atoms with van der Waals surface area (Å²) in [4.78, 5) is 20.0. The molecule has 0 bridgehead atoms. The molecule has 4 heteroatoms. The Labute approximate surface area is 106 Å². The lowest BCUT2D eigenvalue weighted by atomic mass is 10.1. The summed E-state index contributed by atoms with van der Waals surface area (Å²) in [5.74, 6) is -0.348. The molecule has 0 saturated heterocycles. The molecule has 4 nitrogen and oxygen atoms in total. The summed E-state index contributed by atoms with van der Waals surface area (Å²) in [6.07, 6.45) is 3.27. The minimum Gasteiger partial charge on any atom is -0.462 e. The molecular formula is C14H14N2O2. The Morgan fingerprint density at radius 1 is 1.28 bits per heavy atom. The molecule has 2 aromatic heterocycles. The number of pyridine rings is 2. The molecule has 0 aliphatic heterocycles. The van der Waals surface area contributed by atoms with Gasteiger partial charge >= 0.3 is 5.97 Å². The highest BCUT2D eigenvalue weighted by Gasteiger charge is 2.08. The zero-order valence-corrected chi connectivity index (χ0v) is 10.4. The van der Waals surface area contributed by atoms with Crippen LogP contribution in [-0.2, 0) is 4.74 Å². The van der Waals surface area contributed by atoms with Gasteiger partial charge < -0.3 is 4.74 Å². The van der Waals surface area contributed by atoms with Gasteiger partial charge in [-0.15, -0.1) is 0 Å². The summed E-state index contributed by atoms with van der Waals surface area (Å²) in [5, 5.41) is 0. The van der Waals surface area contributed by atoms with Crippen LogP contribution in [0.5, 0.6) is 0 Å². The van der Waals surface area contributed by atoms with E-state index in [0.717, 1.165) is 17.0 Å². The first kappa shape index (κ1) is 12.2. The lowest BCUT2D eigenvalue weighted by molar-refractivity contribution is 0.0526. The molecule has 2 rings (SSSR count). The van der Waals surface area contributed by atoms with Crippen LogP contribution in [0.25, 0.3) is 11.3 Å². The van der Waals surface area contributed by atoms with E-state index in [0.29, 0.717) is 12.2 Å². The van der Waals surface area contributed by atoms with Crippen LogP contribution in [0.2, 0.25) is 0 Å². The van der Waals surface area contributed by atoms with Gasteiger partial charge in [0.1, 0.15) is 0 Å². The molecule has 0 atom stereocenters. The van der Waals surface area contributed by atoms with E-state index in [9.17, 15) is 4.79 Å². The first-order chi connectivity index (χ1) is 8.72. The van der Waals surface area contributed by atoms with Crippen molar-refractivity contribution in [1.29, 1.82) is 0 Å². The highest BCUT2D eigenvalue weighted by molar-refractivity contribution is 5.89. The molecule has 18 heavy (non-hydrogen) atoms. The first-order valence-electron chi connectivity index (χ1n) is 5.77. The third kappa shape index (κ3) is 2.53. The van der Waals surface area contributed by atoms with Gasteiger partial charge in [-0.1, -0.05) is 0 Å². The molecule has 0 radical (unpaired) electrons. The minimum atomic E-state index is -0.348. The van der Waals surface area contributed by atoms with Crippen LogP contribution in [0.3, 0.4) is 0 Å². The number of ether oxygens (including phenoxy) is 1. The number of carbonyl (C=O) groups is 1. The van der Waals surface area contributed by atoms with Gasteiger partial charge in [0.05, 0.1) is 17.9 Å². The van der Waals surface area contributed by atoms with Gasteiger partial charge in [-0.25, -0.2) is 4.79 Å². The summed E-state index contributed by atoms with van der Waals surface area (Å²) in [5.41, 5.74) is 3.14. The van der Waals surface area contributed by atoms with E-state index in [4.69, 9.17) is 4.74 Å². The van der Waals surface area contributed by atoms with Crippen molar-refractivity contribution in [1.82, 2.24) is 9.97 Å². The standard InChI is InChI=1S/C14H14N2O2/c1-3-18-14(17)11-6-7-13(16-9-11)12-5-4-8-15-10(12)2/h4-9H,3H2,1-2H3. The predicted molar refractivity (Wildman–Crippen MR) is 68.2 cm³/mol. The van der Waals surface area contributed by atoms with E-state index in [-0.39, 0.29) is 5.97 Å². The molecule has 2 heterocycles. The SMILES string of the molecule is CCOC(=O)c1ccc(-c2cccnc2C)nc1. The summed E-state index contributed by atoms with van der Waals surface area (Å²) in [6, 6.07) is 7.33. The Hall–Kier alpha value is -2.23. The summed E-state index contributed by atoms with van der Waals surface area (Å²) < 4.78 is 4.91. The van der Waals surface area contributed by atoms with Gasteiger partial charge in [-0.3, -0.25) is 9.97 Å². The number of aryl methyl sites for hydroxylation is 1. The molecule has 0 aromatic carbocycles. The maximum Gasteiger partial charge on any atom is 0.339 e. The van der Waals surface area contributed by atoms with Crippen LogP contribution in [0.4, 0.5) is 0 Å². The minimum absolute atomic E-state index is 0.348. The maximum atomic E-state index is 11.5. The number of esters is 1. The zero-order chi connectivity index (χ0) is 13.0. The van der Waals surface area contributed by atoms with Crippen molar-refractivity contribution in [3.05, 3.63) is 47.9 Å². The lowest BCUT2D eigenvalue weighted by Crippen LogP contribution is -2.05. The molecule has 0 aliphatic carbocycles. The van der Waals surface area contributed by atoms with E-state index >= 15 is 0 Å². The van der Waals surface area contributed by atoms with Crippen LogP contribution < -0.4 is 0 Å². The predicted octanol–water partition coefficient (Wildman–Crippen LogP) is 2.63. The van der Waals surface area contributed by atoms with Gasteiger partial charge in [0.25, 0.3) is 0 Å². The largest absolute Gasteiger partial charge is 0.462 e. The Morgan fingerprint density at radius 2 is 2.11 bits per heavy atom. The van der Waals surface area contributed by atoms with Crippen molar-refractivity contribution in [2.75, 3.05) is 6.61 Å². The van der Waals surface area contributed by atoms with Crippen molar-refractivity contribution in [2.45, 2.75) is 13.8 Å². The smallest absolute Gasteiger partial charge is 0.339 e. The van der Waals surface area contributed by atoms with Crippen molar-refractivity contribution < 1.29 is 9.53 Å². The van der Waals surface area contributed by atoms with Crippen LogP contribution in [0.1, 0.15) is 23.0 Å². The fourth-order valence-electron chi connectivity index (χ4n) is 1.64. The van der Waals surface area contributed by atoms with Gasteiger partial charge in [0.15, 0.2) is 0 Å². The van der Waals surface area contributed by atoms with Gasteiger partial charge in [-0.2, -0.15) is 0 Å². The lowest BCUT2D eigenvalue weighted by Gasteiger charge is -2.05. The van der Waals surface area contributed by atoms with Crippen molar-refractivity contribution in [3.8, 4) is 11.3 Å². The van der Waals surface area contributed by atoms with Gasteiger partial charge in [0, 0.05) is 23.7 Å². The number of carbonyl (C=O) groups excluding carboxylic acids is 1. The molecule has 92 valence electrons. The average Bonchev–Trinajstić information content (AvgIpc) is 2.40.